The Hall–Kier alpha value is -1.66. The van der Waals surface area contributed by atoms with Crippen LogP contribution >= 0.6 is 15.9 Å². The molecule has 1 aromatic carbocycles. The van der Waals surface area contributed by atoms with Crippen LogP contribution in [-0.2, 0) is 0 Å². The molecule has 2 atom stereocenters. The lowest BCUT2D eigenvalue weighted by Crippen LogP contribution is -2.49. The van der Waals surface area contributed by atoms with Crippen molar-refractivity contribution in [2.24, 2.45) is 0 Å². The van der Waals surface area contributed by atoms with Gasteiger partial charge in [0.15, 0.2) is 5.82 Å². The van der Waals surface area contributed by atoms with Crippen LogP contribution in [0.4, 0.5) is 0 Å². The fourth-order valence-electron chi connectivity index (χ4n) is 4.70. The van der Waals surface area contributed by atoms with Crippen LogP contribution in [-0.4, -0.2) is 56.8 Å². The van der Waals surface area contributed by atoms with Gasteiger partial charge in [0, 0.05) is 30.1 Å². The first-order chi connectivity index (χ1) is 12.7. The maximum atomic E-state index is 4.67. The molecule has 0 amide bonds. The fraction of sp³-hybridized carbons (Fsp3) is 0.500. The van der Waals surface area contributed by atoms with Crippen molar-refractivity contribution >= 4 is 21.6 Å². The molecule has 0 N–H and O–H groups in total. The van der Waals surface area contributed by atoms with E-state index >= 15 is 0 Å². The van der Waals surface area contributed by atoms with Gasteiger partial charge in [0.05, 0.1) is 11.4 Å². The summed E-state index contributed by atoms with van der Waals surface area (Å²) in [5.41, 5.74) is 3.73. The van der Waals surface area contributed by atoms with E-state index in [1.807, 2.05) is 4.68 Å². The van der Waals surface area contributed by atoms with E-state index in [2.05, 4.69) is 67.0 Å². The zero-order valence-corrected chi connectivity index (χ0v) is 16.7. The van der Waals surface area contributed by atoms with Gasteiger partial charge in [-0.15, -0.1) is 0 Å². The highest BCUT2D eigenvalue weighted by Crippen LogP contribution is 2.35. The Bertz CT molecular complexity index is 858. The number of nitrogens with zero attached hydrogens (tertiary/aromatic N) is 5. The predicted octanol–water partition coefficient (Wildman–Crippen LogP) is 3.66. The lowest BCUT2D eigenvalue weighted by molar-refractivity contribution is 0.144. The zero-order chi connectivity index (χ0) is 17.7. The molecule has 2 fully saturated rings. The second-order valence-electron chi connectivity index (χ2n) is 7.70. The first-order valence-electron chi connectivity index (χ1n) is 9.60. The van der Waals surface area contributed by atoms with Gasteiger partial charge in [0.2, 0.25) is 0 Å². The molecule has 5 rings (SSSR count). The third kappa shape index (κ3) is 2.70. The predicted molar refractivity (Wildman–Crippen MR) is 106 cm³/mol. The molecular formula is C20H24BrN5. The number of aromatic nitrogens is 3. The number of piperazine rings is 1. The van der Waals surface area contributed by atoms with E-state index in [0.717, 1.165) is 42.0 Å². The van der Waals surface area contributed by atoms with Crippen LogP contribution in [0, 0.1) is 0 Å². The number of allylic oxidation sites excluding steroid dienone is 1. The summed E-state index contributed by atoms with van der Waals surface area (Å²) in [5.74, 6) is 1.43. The van der Waals surface area contributed by atoms with E-state index in [4.69, 9.17) is 0 Å². The van der Waals surface area contributed by atoms with E-state index in [9.17, 15) is 0 Å². The van der Waals surface area contributed by atoms with Crippen LogP contribution in [0.15, 0.2) is 35.1 Å². The summed E-state index contributed by atoms with van der Waals surface area (Å²) in [7, 11) is 0. The van der Waals surface area contributed by atoms with Crippen molar-refractivity contribution in [3.8, 4) is 5.69 Å². The van der Waals surface area contributed by atoms with E-state index in [0.29, 0.717) is 12.0 Å². The molecule has 2 unspecified atom stereocenters. The smallest absolute Gasteiger partial charge is 0.178 e. The van der Waals surface area contributed by atoms with E-state index in [1.165, 1.54) is 30.6 Å². The van der Waals surface area contributed by atoms with Gasteiger partial charge in [-0.1, -0.05) is 35.0 Å². The number of halogens is 1. The van der Waals surface area contributed by atoms with Gasteiger partial charge < -0.3 is 4.90 Å². The van der Waals surface area contributed by atoms with Crippen molar-refractivity contribution in [1.82, 2.24) is 24.6 Å². The highest BCUT2D eigenvalue weighted by molar-refractivity contribution is 9.10. The lowest BCUT2D eigenvalue weighted by atomic mass is 9.94. The van der Waals surface area contributed by atoms with Crippen molar-refractivity contribution < 1.29 is 0 Å². The van der Waals surface area contributed by atoms with Crippen molar-refractivity contribution in [3.63, 3.8) is 0 Å². The quantitative estimate of drug-likeness (QED) is 0.714. The Morgan fingerprint density at radius 1 is 1.19 bits per heavy atom. The van der Waals surface area contributed by atoms with Gasteiger partial charge in [-0.25, -0.2) is 9.67 Å². The molecule has 1 aromatic heterocycles. The minimum absolute atomic E-state index is 0.457. The Balaban J connectivity index is 1.57. The van der Waals surface area contributed by atoms with Crippen LogP contribution in [0.2, 0.25) is 0 Å². The molecule has 26 heavy (non-hydrogen) atoms. The molecule has 3 aliphatic rings. The minimum Gasteiger partial charge on any atom is -0.366 e. The Morgan fingerprint density at radius 3 is 3.04 bits per heavy atom. The Morgan fingerprint density at radius 2 is 2.12 bits per heavy atom. The average Bonchev–Trinajstić information content (AvgIpc) is 3.29. The highest BCUT2D eigenvalue weighted by atomic mass is 79.9. The second kappa shape index (κ2) is 6.50. The monoisotopic (exact) mass is 413 g/mol. The van der Waals surface area contributed by atoms with Crippen molar-refractivity contribution in [2.45, 2.75) is 38.1 Å². The molecule has 4 heterocycles. The van der Waals surface area contributed by atoms with Gasteiger partial charge >= 0.3 is 0 Å². The molecule has 136 valence electrons. The van der Waals surface area contributed by atoms with Crippen molar-refractivity contribution in [2.75, 3.05) is 26.2 Å². The summed E-state index contributed by atoms with van der Waals surface area (Å²) in [6, 6.07) is 7.20. The second-order valence-corrected chi connectivity index (χ2v) is 8.62. The summed E-state index contributed by atoms with van der Waals surface area (Å²) in [6.07, 6.45) is 7.77. The van der Waals surface area contributed by atoms with Crippen LogP contribution in [0.1, 0.15) is 43.5 Å². The summed E-state index contributed by atoms with van der Waals surface area (Å²) in [5, 5.41) is 4.59. The zero-order valence-electron chi connectivity index (χ0n) is 15.1. The molecule has 0 spiro atoms. The van der Waals surface area contributed by atoms with Gasteiger partial charge in [-0.3, -0.25) is 4.90 Å². The number of benzene rings is 1. The maximum Gasteiger partial charge on any atom is 0.178 e. The molecular weight excluding hydrogens is 390 g/mol. The van der Waals surface area contributed by atoms with Crippen LogP contribution < -0.4 is 0 Å². The van der Waals surface area contributed by atoms with Crippen molar-refractivity contribution in [1.29, 1.82) is 0 Å². The molecule has 3 aliphatic heterocycles. The molecule has 2 aromatic rings. The third-order valence-corrected chi connectivity index (χ3v) is 6.61. The molecule has 0 aliphatic carbocycles. The molecule has 0 saturated carbocycles. The van der Waals surface area contributed by atoms with Crippen LogP contribution in [0.3, 0.4) is 0 Å². The van der Waals surface area contributed by atoms with Gasteiger partial charge in [0.1, 0.15) is 6.33 Å². The number of fused-ring (bicyclic) bond motifs is 4. The summed E-state index contributed by atoms with van der Waals surface area (Å²) in [6.45, 7) is 6.92. The number of hydrogen-bond acceptors (Lipinski definition) is 4. The fourth-order valence-corrected chi connectivity index (χ4v) is 5.05. The standard InChI is InChI=1S/C20H24BrN5/c1-14-4-7-18(25-10-9-24-8-2-3-16(24)12-25)20-22-13-23-26(20)19-11-15(21)5-6-17(14)19/h5-7,11,13-14,16H,2-4,8-10,12H2,1H3. The number of rotatable bonds is 1. The molecule has 0 radical (unpaired) electrons. The molecule has 5 nitrogen and oxygen atoms in total. The normalized spacial score (nSPS) is 25.8. The minimum atomic E-state index is 0.457. The third-order valence-electron chi connectivity index (χ3n) is 6.12. The molecule has 0 bridgehead atoms. The van der Waals surface area contributed by atoms with Crippen molar-refractivity contribution in [3.05, 3.63) is 46.5 Å². The van der Waals surface area contributed by atoms with Gasteiger partial charge in [0.25, 0.3) is 0 Å². The highest BCUT2D eigenvalue weighted by Gasteiger charge is 2.33. The Kier molecular flexibility index (Phi) is 4.13. The van der Waals surface area contributed by atoms with Crippen LogP contribution in [0.25, 0.3) is 11.4 Å². The van der Waals surface area contributed by atoms with E-state index < -0.39 is 0 Å². The first-order valence-corrected chi connectivity index (χ1v) is 10.4. The Labute approximate surface area is 162 Å². The molecule has 2 saturated heterocycles. The lowest BCUT2D eigenvalue weighted by Gasteiger charge is -2.40. The van der Waals surface area contributed by atoms with E-state index in [-0.39, 0.29) is 0 Å². The molecule has 6 heteroatoms. The maximum absolute atomic E-state index is 4.67. The number of hydrogen-bond donors (Lipinski definition) is 0. The largest absolute Gasteiger partial charge is 0.366 e. The summed E-state index contributed by atoms with van der Waals surface area (Å²) in [4.78, 5) is 9.86. The van der Waals surface area contributed by atoms with Crippen LogP contribution in [0.5, 0.6) is 0 Å². The van der Waals surface area contributed by atoms with E-state index in [1.54, 1.807) is 6.33 Å². The summed E-state index contributed by atoms with van der Waals surface area (Å²) >= 11 is 3.63. The average molecular weight is 414 g/mol. The van der Waals surface area contributed by atoms with Gasteiger partial charge in [-0.2, -0.15) is 5.10 Å². The SMILES string of the molecule is CC1CC=C(N2CCN3CCCC3C2)c2ncnn2-c2cc(Br)ccc21. The van der Waals surface area contributed by atoms with Gasteiger partial charge in [-0.05, 0) is 49.4 Å². The topological polar surface area (TPSA) is 37.2 Å². The first kappa shape index (κ1) is 16.5. The summed E-state index contributed by atoms with van der Waals surface area (Å²) < 4.78 is 3.11.